The molecule has 0 unspecified atom stereocenters. The van der Waals surface area contributed by atoms with Crippen LogP contribution in [0.25, 0.3) is 22.1 Å². The van der Waals surface area contributed by atoms with Crippen LogP contribution < -0.4 is 10.2 Å². The van der Waals surface area contributed by atoms with Gasteiger partial charge in [0, 0.05) is 37.3 Å². The van der Waals surface area contributed by atoms with Crippen LogP contribution in [-0.4, -0.2) is 32.3 Å². The minimum Gasteiger partial charge on any atom is -0.508 e. The van der Waals surface area contributed by atoms with E-state index in [9.17, 15) is 5.11 Å². The Morgan fingerprint density at radius 2 is 1.58 bits per heavy atom. The fourth-order valence-corrected chi connectivity index (χ4v) is 4.36. The van der Waals surface area contributed by atoms with Gasteiger partial charge in [-0.15, -0.1) is 0 Å². The van der Waals surface area contributed by atoms with E-state index in [0.29, 0.717) is 5.22 Å². The van der Waals surface area contributed by atoms with E-state index in [2.05, 4.69) is 60.6 Å². The molecule has 33 heavy (non-hydrogen) atoms. The number of aromatic hydroxyl groups is 1. The number of likely N-dealkylation sites (N-methyl/N-ethyl adjacent to an activating group) is 2. The predicted molar refractivity (Wildman–Crippen MR) is 139 cm³/mol. The quantitative estimate of drug-likeness (QED) is 0.283. The van der Waals surface area contributed by atoms with Gasteiger partial charge in [0.2, 0.25) is 0 Å². The molecule has 1 aromatic heterocycles. The molecule has 0 saturated heterocycles. The van der Waals surface area contributed by atoms with E-state index >= 15 is 0 Å². The van der Waals surface area contributed by atoms with Gasteiger partial charge in [0.15, 0.2) is 5.22 Å². The molecule has 0 radical (unpaired) electrons. The number of allylic oxidation sites excluding steroid dienone is 1. The van der Waals surface area contributed by atoms with Crippen LogP contribution in [0.4, 0.5) is 5.69 Å². The maximum absolute atomic E-state index is 9.86. The first kappa shape index (κ1) is 23.0. The number of rotatable bonds is 8. The first-order chi connectivity index (χ1) is 16.0. The molecule has 0 aliphatic carbocycles. The minimum absolute atomic E-state index is 0.257. The highest BCUT2D eigenvalue weighted by molar-refractivity contribution is 6.29. The second-order valence-electron chi connectivity index (χ2n) is 8.13. The van der Waals surface area contributed by atoms with Crippen molar-refractivity contribution in [2.45, 2.75) is 13.3 Å². The molecular formula is C28H29ClN2O2. The Kier molecular flexibility index (Phi) is 7.07. The summed E-state index contributed by atoms with van der Waals surface area (Å²) in [5.41, 5.74) is 7.64. The first-order valence-electron chi connectivity index (χ1n) is 11.2. The van der Waals surface area contributed by atoms with Crippen LogP contribution in [0.15, 0.2) is 77.2 Å². The van der Waals surface area contributed by atoms with Crippen LogP contribution in [0.1, 0.15) is 30.0 Å². The zero-order valence-corrected chi connectivity index (χ0v) is 20.0. The van der Waals surface area contributed by atoms with Gasteiger partial charge in [0.05, 0.1) is 0 Å². The van der Waals surface area contributed by atoms with Crippen molar-refractivity contribution in [3.05, 3.63) is 94.7 Å². The summed E-state index contributed by atoms with van der Waals surface area (Å²) < 4.78 is 5.56. The second-order valence-corrected chi connectivity index (χ2v) is 8.50. The smallest absolute Gasteiger partial charge is 0.194 e. The van der Waals surface area contributed by atoms with Gasteiger partial charge in [-0.3, -0.25) is 0 Å². The topological polar surface area (TPSA) is 48.6 Å². The third-order valence-corrected chi connectivity index (χ3v) is 6.13. The van der Waals surface area contributed by atoms with Crippen molar-refractivity contribution < 1.29 is 9.52 Å². The minimum atomic E-state index is 0.257. The molecule has 4 aromatic rings. The molecule has 2 N–H and O–H groups in total. The molecule has 0 amide bonds. The average Bonchev–Trinajstić information content (AvgIpc) is 3.21. The molecule has 0 spiro atoms. The Balaban J connectivity index is 1.84. The van der Waals surface area contributed by atoms with Gasteiger partial charge < -0.3 is 19.7 Å². The maximum Gasteiger partial charge on any atom is 0.194 e. The van der Waals surface area contributed by atoms with Crippen LogP contribution in [-0.2, 0) is 0 Å². The highest BCUT2D eigenvalue weighted by atomic mass is 35.5. The molecule has 5 heteroatoms. The molecule has 0 saturated carbocycles. The molecular weight excluding hydrogens is 432 g/mol. The van der Waals surface area contributed by atoms with Crippen molar-refractivity contribution in [1.29, 1.82) is 0 Å². The van der Waals surface area contributed by atoms with E-state index < -0.39 is 0 Å². The number of phenols is 1. The Morgan fingerprint density at radius 3 is 2.21 bits per heavy atom. The lowest BCUT2D eigenvalue weighted by atomic mass is 9.88. The molecule has 0 bridgehead atoms. The number of benzene rings is 3. The van der Waals surface area contributed by atoms with E-state index in [1.165, 1.54) is 11.3 Å². The summed E-state index contributed by atoms with van der Waals surface area (Å²) in [6, 6.07) is 24.1. The van der Waals surface area contributed by atoms with Crippen molar-refractivity contribution in [3.8, 4) is 5.75 Å². The van der Waals surface area contributed by atoms with E-state index in [0.717, 1.165) is 52.7 Å². The summed E-state index contributed by atoms with van der Waals surface area (Å²) in [6.45, 7) is 4.03. The van der Waals surface area contributed by atoms with Gasteiger partial charge in [0.25, 0.3) is 0 Å². The van der Waals surface area contributed by atoms with Crippen LogP contribution in [0.5, 0.6) is 5.75 Å². The molecule has 3 aromatic carbocycles. The van der Waals surface area contributed by atoms with Crippen molar-refractivity contribution in [1.82, 2.24) is 5.32 Å². The second kappa shape index (κ2) is 10.2. The third-order valence-electron chi connectivity index (χ3n) is 5.94. The number of fused-ring (bicyclic) bond motifs is 1. The van der Waals surface area contributed by atoms with Crippen molar-refractivity contribution in [2.24, 2.45) is 0 Å². The number of furan rings is 1. The number of nitrogens with zero attached hydrogens (tertiary/aromatic N) is 1. The Labute approximate surface area is 200 Å². The van der Waals surface area contributed by atoms with Gasteiger partial charge in [0.1, 0.15) is 11.3 Å². The lowest BCUT2D eigenvalue weighted by Crippen LogP contribution is -2.26. The largest absolute Gasteiger partial charge is 0.508 e. The number of anilines is 1. The summed E-state index contributed by atoms with van der Waals surface area (Å²) in [5, 5.41) is 14.4. The first-order valence-corrected chi connectivity index (χ1v) is 11.6. The Hall–Kier alpha value is -3.21. The van der Waals surface area contributed by atoms with Crippen LogP contribution in [0.2, 0.25) is 5.22 Å². The molecule has 4 rings (SSSR count). The highest BCUT2D eigenvalue weighted by Gasteiger charge is 2.15. The zero-order valence-electron chi connectivity index (χ0n) is 19.2. The third kappa shape index (κ3) is 5.08. The van der Waals surface area contributed by atoms with Gasteiger partial charge in [-0.25, -0.2) is 0 Å². The van der Waals surface area contributed by atoms with Crippen molar-refractivity contribution in [3.63, 3.8) is 0 Å². The molecule has 0 fully saturated rings. The van der Waals surface area contributed by atoms with Crippen LogP contribution >= 0.6 is 11.6 Å². The molecule has 0 atom stereocenters. The SMILES string of the molecule is CC/C(=C(\c1ccc(O)cc1)c1ccc(N(C)CCNC)cc1)c1ccc2oc(Cl)cc2c1. The van der Waals surface area contributed by atoms with E-state index in [-0.39, 0.29) is 5.75 Å². The van der Waals surface area contributed by atoms with E-state index in [1.807, 2.05) is 31.3 Å². The molecule has 4 nitrogen and oxygen atoms in total. The summed E-state index contributed by atoms with van der Waals surface area (Å²) >= 11 is 6.08. The van der Waals surface area contributed by atoms with Crippen LogP contribution in [0.3, 0.4) is 0 Å². The number of halogens is 1. The molecule has 0 aliphatic heterocycles. The lowest BCUT2D eigenvalue weighted by Gasteiger charge is -2.21. The number of hydrogen-bond acceptors (Lipinski definition) is 4. The Bertz CT molecular complexity index is 1260. The van der Waals surface area contributed by atoms with Gasteiger partial charge >= 0.3 is 0 Å². The monoisotopic (exact) mass is 460 g/mol. The highest BCUT2D eigenvalue weighted by Crippen LogP contribution is 2.37. The normalized spacial score (nSPS) is 12.1. The maximum atomic E-state index is 9.86. The van der Waals surface area contributed by atoms with Gasteiger partial charge in [-0.1, -0.05) is 37.3 Å². The summed E-state index contributed by atoms with van der Waals surface area (Å²) in [5.74, 6) is 0.257. The number of hydrogen-bond donors (Lipinski definition) is 2. The zero-order chi connectivity index (χ0) is 23.4. The fraction of sp³-hybridized carbons (Fsp3) is 0.214. The number of nitrogens with one attached hydrogen (secondary N) is 1. The Morgan fingerprint density at radius 1 is 0.939 bits per heavy atom. The van der Waals surface area contributed by atoms with Crippen molar-refractivity contribution >= 4 is 39.4 Å². The van der Waals surface area contributed by atoms with Crippen molar-refractivity contribution in [2.75, 3.05) is 32.1 Å². The summed E-state index contributed by atoms with van der Waals surface area (Å²) in [7, 11) is 4.07. The predicted octanol–water partition coefficient (Wildman–Crippen LogP) is 6.82. The van der Waals surface area contributed by atoms with E-state index in [1.54, 1.807) is 12.1 Å². The standard InChI is InChI=1S/C28H29ClN2O2/c1-4-25(21-9-14-26-22(17-21)18-27(29)33-26)28(20-7-12-24(32)13-8-20)19-5-10-23(11-6-19)31(3)16-15-30-2/h5-14,17-18,30,32H,4,15-16H2,1-3H3/b28-25+. The van der Waals surface area contributed by atoms with E-state index in [4.69, 9.17) is 16.0 Å². The van der Waals surface area contributed by atoms with Gasteiger partial charge in [-0.2, -0.15) is 0 Å². The summed E-state index contributed by atoms with van der Waals surface area (Å²) in [6.07, 6.45) is 0.844. The van der Waals surface area contributed by atoms with Gasteiger partial charge in [-0.05, 0) is 89.3 Å². The van der Waals surface area contributed by atoms with Crippen LogP contribution in [0, 0.1) is 0 Å². The average molecular weight is 461 g/mol. The fourth-order valence-electron chi connectivity index (χ4n) is 4.16. The molecule has 170 valence electrons. The number of phenolic OH excluding ortho intramolecular Hbond substituents is 1. The lowest BCUT2D eigenvalue weighted by molar-refractivity contribution is 0.475. The summed E-state index contributed by atoms with van der Waals surface area (Å²) in [4.78, 5) is 2.24. The molecule has 0 aliphatic rings. The molecule has 1 heterocycles.